The van der Waals surface area contributed by atoms with Gasteiger partial charge in [0.05, 0.1) is 26.3 Å². The maximum atomic E-state index is 13.7. The molecule has 3 aliphatic heterocycles. The fourth-order valence-corrected chi connectivity index (χ4v) is 8.03. The number of amides is 2. The van der Waals surface area contributed by atoms with Gasteiger partial charge in [-0.3, -0.25) is 9.59 Å². The minimum atomic E-state index is -0.287. The van der Waals surface area contributed by atoms with Gasteiger partial charge in [-0.05, 0) is 85.1 Å². The molecule has 5 rings (SSSR count). The van der Waals surface area contributed by atoms with Crippen LogP contribution in [0.3, 0.4) is 0 Å². The van der Waals surface area contributed by atoms with Crippen LogP contribution >= 0.6 is 23.5 Å². The van der Waals surface area contributed by atoms with Crippen LogP contribution in [0.1, 0.15) is 27.7 Å². The summed E-state index contributed by atoms with van der Waals surface area (Å²) >= 11 is 3.62. The van der Waals surface area contributed by atoms with E-state index in [9.17, 15) is 9.59 Å². The van der Waals surface area contributed by atoms with E-state index in [4.69, 9.17) is 0 Å². The van der Waals surface area contributed by atoms with Gasteiger partial charge < -0.3 is 4.90 Å². The summed E-state index contributed by atoms with van der Waals surface area (Å²) in [6.07, 6.45) is 4.22. The third kappa shape index (κ3) is 2.32. The number of anilines is 2. The van der Waals surface area contributed by atoms with E-state index >= 15 is 0 Å². The summed E-state index contributed by atoms with van der Waals surface area (Å²) in [7, 11) is 3.93. The second kappa shape index (κ2) is 6.17. The third-order valence-corrected chi connectivity index (χ3v) is 9.69. The summed E-state index contributed by atoms with van der Waals surface area (Å²) in [5, 5.41) is 0. The van der Waals surface area contributed by atoms with E-state index in [-0.39, 0.29) is 21.3 Å². The van der Waals surface area contributed by atoms with Crippen molar-refractivity contribution in [1.29, 1.82) is 0 Å². The molecule has 1 aromatic rings. The van der Waals surface area contributed by atoms with Crippen molar-refractivity contribution in [3.8, 4) is 0 Å². The van der Waals surface area contributed by atoms with Gasteiger partial charge in [0.1, 0.15) is 0 Å². The van der Waals surface area contributed by atoms with Crippen molar-refractivity contribution in [2.24, 2.45) is 0 Å². The predicted molar refractivity (Wildman–Crippen MR) is 127 cm³/mol. The number of carbonyl (C=O) groups is 2. The van der Waals surface area contributed by atoms with Gasteiger partial charge in [-0.15, -0.1) is 23.5 Å². The number of rotatable bonds is 2. The highest BCUT2D eigenvalue weighted by Crippen LogP contribution is 2.67. The molecule has 154 valence electrons. The van der Waals surface area contributed by atoms with Crippen molar-refractivity contribution in [2.45, 2.75) is 37.2 Å². The smallest absolute Gasteiger partial charge is 0.266 e. The zero-order valence-corrected chi connectivity index (χ0v) is 19.6. The van der Waals surface area contributed by atoms with Crippen molar-refractivity contribution in [1.82, 2.24) is 0 Å². The first-order valence-electron chi connectivity index (χ1n) is 9.99. The van der Waals surface area contributed by atoms with E-state index in [1.54, 1.807) is 0 Å². The van der Waals surface area contributed by atoms with Crippen LogP contribution in [0.25, 0.3) is 0 Å². The van der Waals surface area contributed by atoms with Crippen LogP contribution in [0.15, 0.2) is 68.5 Å². The lowest BCUT2D eigenvalue weighted by molar-refractivity contribution is -0.119. The minimum Gasteiger partial charge on any atom is -0.378 e. The lowest BCUT2D eigenvalue weighted by Crippen LogP contribution is -2.48. The van der Waals surface area contributed by atoms with E-state index in [1.807, 2.05) is 66.8 Å². The number of benzene rings is 1. The van der Waals surface area contributed by atoms with E-state index in [1.165, 1.54) is 14.7 Å². The highest BCUT2D eigenvalue weighted by atomic mass is 32.2. The Kier molecular flexibility index (Phi) is 4.07. The van der Waals surface area contributed by atoms with Crippen LogP contribution < -0.4 is 9.80 Å². The Morgan fingerprint density at radius 3 is 1.63 bits per heavy atom. The quantitative estimate of drug-likeness (QED) is 0.607. The van der Waals surface area contributed by atoms with Gasteiger partial charge in [0.2, 0.25) is 0 Å². The minimum absolute atomic E-state index is 0.210. The molecule has 0 bridgehead atoms. The molecule has 2 amide bonds. The average Bonchev–Trinajstić information content (AvgIpc) is 3.25. The molecule has 3 heterocycles. The summed E-state index contributed by atoms with van der Waals surface area (Å²) in [5.41, 5.74) is 4.80. The van der Waals surface area contributed by atoms with Crippen LogP contribution in [-0.2, 0) is 9.59 Å². The van der Waals surface area contributed by atoms with Crippen molar-refractivity contribution < 1.29 is 9.59 Å². The monoisotopic (exact) mass is 436 g/mol. The number of hydrogen-bond acceptors (Lipinski definition) is 5. The lowest BCUT2D eigenvalue weighted by atomic mass is 9.72. The second-order valence-electron chi connectivity index (χ2n) is 8.71. The molecule has 30 heavy (non-hydrogen) atoms. The Morgan fingerprint density at radius 1 is 0.800 bits per heavy atom. The molecule has 2 atom stereocenters. The van der Waals surface area contributed by atoms with Gasteiger partial charge >= 0.3 is 0 Å². The first kappa shape index (κ1) is 19.8. The van der Waals surface area contributed by atoms with E-state index in [0.717, 1.165) is 16.8 Å². The second-order valence-corrected chi connectivity index (χ2v) is 12.0. The Balaban J connectivity index is 1.74. The summed E-state index contributed by atoms with van der Waals surface area (Å²) < 4.78 is -0.574. The third-order valence-electron chi connectivity index (χ3n) is 6.61. The number of fused-ring (bicyclic) bond motifs is 4. The SMILES string of the molecule is CC1=CC2=C3C(=O)N(c4ccc(N(C)C)cc4)C(=O)C3=C3C=C(C)S[C@@]3(C)[C@]2(C)S1. The lowest BCUT2D eigenvalue weighted by Gasteiger charge is -2.46. The Hall–Kier alpha value is -2.18. The molecule has 0 saturated carbocycles. The van der Waals surface area contributed by atoms with Gasteiger partial charge in [-0.25, -0.2) is 4.90 Å². The topological polar surface area (TPSA) is 40.6 Å². The van der Waals surface area contributed by atoms with Crippen LogP contribution in [0.2, 0.25) is 0 Å². The predicted octanol–water partition coefficient (Wildman–Crippen LogP) is 5.05. The molecular formula is C24H24N2O2S2. The van der Waals surface area contributed by atoms with E-state index in [0.29, 0.717) is 16.8 Å². The number of thioether (sulfide) groups is 2. The molecule has 1 aliphatic carbocycles. The summed E-state index contributed by atoms with van der Waals surface area (Å²) in [6.45, 7) is 8.61. The van der Waals surface area contributed by atoms with Gasteiger partial charge in [0.15, 0.2) is 0 Å². The van der Waals surface area contributed by atoms with Gasteiger partial charge in [0, 0.05) is 19.8 Å². The van der Waals surface area contributed by atoms with E-state index in [2.05, 4.69) is 39.8 Å². The maximum absolute atomic E-state index is 13.7. The Morgan fingerprint density at radius 2 is 1.23 bits per heavy atom. The fourth-order valence-electron chi connectivity index (χ4n) is 4.99. The van der Waals surface area contributed by atoms with Crippen molar-refractivity contribution in [2.75, 3.05) is 23.9 Å². The summed E-state index contributed by atoms with van der Waals surface area (Å²) in [5.74, 6) is -0.421. The number of hydrogen-bond donors (Lipinski definition) is 0. The molecule has 1 fully saturated rings. The van der Waals surface area contributed by atoms with Crippen molar-refractivity contribution in [3.63, 3.8) is 0 Å². The standard InChI is InChI=1S/C24H24N2O2S2/c1-13-11-17-19-20(18-12-14(2)30-24(18,4)23(17,3)29-13)22(28)26(21(19)27)16-9-7-15(8-10-16)25(5)6/h7-12H,1-6H3/t23-,24-/m1/s1. The van der Waals surface area contributed by atoms with Gasteiger partial charge in [-0.2, -0.15) is 0 Å². The average molecular weight is 437 g/mol. The Bertz CT molecular complexity index is 1090. The zero-order valence-electron chi connectivity index (χ0n) is 18.0. The molecule has 1 saturated heterocycles. The molecule has 0 unspecified atom stereocenters. The van der Waals surface area contributed by atoms with Crippen LogP contribution in [0.4, 0.5) is 11.4 Å². The number of imide groups is 1. The molecule has 4 nitrogen and oxygen atoms in total. The molecule has 0 spiro atoms. The molecule has 0 aromatic heterocycles. The first-order valence-corrected chi connectivity index (χ1v) is 11.6. The van der Waals surface area contributed by atoms with Crippen LogP contribution in [0, 0.1) is 0 Å². The van der Waals surface area contributed by atoms with Gasteiger partial charge in [0.25, 0.3) is 11.8 Å². The summed E-state index contributed by atoms with van der Waals surface area (Å²) in [4.78, 5) is 33.1. The van der Waals surface area contributed by atoms with Crippen molar-refractivity contribution in [3.05, 3.63) is 68.5 Å². The molecular weight excluding hydrogens is 412 g/mol. The Labute approximate surface area is 185 Å². The van der Waals surface area contributed by atoms with E-state index < -0.39 is 0 Å². The van der Waals surface area contributed by atoms with Crippen molar-refractivity contribution >= 4 is 46.7 Å². The molecule has 1 aromatic carbocycles. The molecule has 0 radical (unpaired) electrons. The molecule has 0 N–H and O–H groups in total. The fraction of sp³-hybridized carbons (Fsp3) is 0.333. The van der Waals surface area contributed by atoms with Crippen LogP contribution in [0.5, 0.6) is 0 Å². The maximum Gasteiger partial charge on any atom is 0.266 e. The highest BCUT2D eigenvalue weighted by Gasteiger charge is 2.62. The molecule has 6 heteroatoms. The first-order chi connectivity index (χ1) is 14.1. The number of carbonyl (C=O) groups excluding carboxylic acids is 2. The largest absolute Gasteiger partial charge is 0.378 e. The van der Waals surface area contributed by atoms with Gasteiger partial charge in [-0.1, -0.05) is 0 Å². The number of allylic oxidation sites excluding steroid dienone is 4. The zero-order chi connectivity index (χ0) is 21.6. The summed E-state index contributed by atoms with van der Waals surface area (Å²) in [6, 6.07) is 7.58. The molecule has 4 aliphatic rings. The number of nitrogens with zero attached hydrogens (tertiary/aromatic N) is 2. The highest BCUT2D eigenvalue weighted by molar-refractivity contribution is 8.09. The van der Waals surface area contributed by atoms with Crippen LogP contribution in [-0.4, -0.2) is 35.4 Å². The normalized spacial score (nSPS) is 29.9.